The number of hydrogen-bond acceptors (Lipinski definition) is 1. The van der Waals surface area contributed by atoms with Gasteiger partial charge in [-0.2, -0.15) is 0 Å². The van der Waals surface area contributed by atoms with E-state index in [0.29, 0.717) is 0 Å². The predicted octanol–water partition coefficient (Wildman–Crippen LogP) is 4.90. The van der Waals surface area contributed by atoms with Crippen molar-refractivity contribution >= 4 is 48.7 Å². The number of thiophene rings is 1. The van der Waals surface area contributed by atoms with Gasteiger partial charge >= 0.3 is 0 Å². The van der Waals surface area contributed by atoms with E-state index < -0.39 is 0 Å². The summed E-state index contributed by atoms with van der Waals surface area (Å²) in [5.41, 5.74) is 4.03. The van der Waals surface area contributed by atoms with Crippen molar-refractivity contribution in [3.8, 4) is 0 Å². The molecule has 0 fully saturated rings. The van der Waals surface area contributed by atoms with Crippen molar-refractivity contribution in [3.63, 3.8) is 0 Å². The van der Waals surface area contributed by atoms with Crippen LogP contribution in [0.5, 0.6) is 0 Å². The Labute approximate surface area is 107 Å². The molecule has 2 aromatic carbocycles. The van der Waals surface area contributed by atoms with E-state index in [1.165, 1.54) is 37.4 Å². The average molecular weight is 247 g/mol. The van der Waals surface area contributed by atoms with Crippen LogP contribution in [0.2, 0.25) is 0 Å². The summed E-state index contributed by atoms with van der Waals surface area (Å²) in [5.74, 6) is 0. The van der Waals surface area contributed by atoms with Gasteiger partial charge in [-0.15, -0.1) is 11.3 Å². The molecule has 0 saturated carbocycles. The molecule has 1 nitrogen and oxygen atoms in total. The fourth-order valence-corrected chi connectivity index (χ4v) is 4.04. The zero-order valence-electron chi connectivity index (χ0n) is 9.55. The van der Waals surface area contributed by atoms with Gasteiger partial charge in [-0.3, -0.25) is 0 Å². The minimum atomic E-state index is 1.32. The molecule has 3 heterocycles. The molecule has 0 saturated heterocycles. The van der Waals surface area contributed by atoms with E-state index in [9.17, 15) is 0 Å². The van der Waals surface area contributed by atoms with Gasteiger partial charge in [0.05, 0.1) is 21.3 Å². The zero-order valence-corrected chi connectivity index (χ0v) is 10.4. The van der Waals surface area contributed by atoms with Crippen molar-refractivity contribution in [3.05, 3.63) is 53.9 Å². The normalized spacial score (nSPS) is 12.4. The molecular weight excluding hydrogens is 238 g/mol. The predicted molar refractivity (Wildman–Crippen MR) is 79.0 cm³/mol. The summed E-state index contributed by atoms with van der Waals surface area (Å²) in [6.07, 6.45) is 0. The fourth-order valence-electron chi connectivity index (χ4n) is 3.13. The van der Waals surface area contributed by atoms with Gasteiger partial charge in [-0.25, -0.2) is 0 Å². The lowest BCUT2D eigenvalue weighted by molar-refractivity contribution is 1.38. The molecule has 0 amide bonds. The summed E-state index contributed by atoms with van der Waals surface area (Å²) in [6.45, 7) is 0. The Hall–Kier alpha value is -2.06. The maximum Gasteiger partial charge on any atom is 0.0649 e. The average Bonchev–Trinajstić information content (AvgIpc) is 3.06. The summed E-state index contributed by atoms with van der Waals surface area (Å²) >= 11 is 1.83. The van der Waals surface area contributed by atoms with Crippen LogP contribution in [0.15, 0.2) is 53.9 Å². The molecular formula is C16H9NS. The van der Waals surface area contributed by atoms with Crippen LogP contribution in [-0.4, -0.2) is 4.40 Å². The summed E-state index contributed by atoms with van der Waals surface area (Å²) in [4.78, 5) is 0. The number of rotatable bonds is 0. The molecule has 0 bridgehead atoms. The number of nitrogens with zero attached hydrogens (tertiary/aromatic N) is 1. The largest absolute Gasteiger partial charge is 0.307 e. The summed E-state index contributed by atoms with van der Waals surface area (Å²) in [6, 6.07) is 17.5. The lowest BCUT2D eigenvalue weighted by atomic mass is 10.1. The second-order valence-electron chi connectivity index (χ2n) is 4.69. The maximum atomic E-state index is 2.41. The molecule has 0 N–H and O–H groups in total. The van der Waals surface area contributed by atoms with Crippen molar-refractivity contribution in [2.45, 2.75) is 0 Å². The Kier molecular flexibility index (Phi) is 1.41. The minimum absolute atomic E-state index is 1.32. The van der Waals surface area contributed by atoms with Crippen molar-refractivity contribution in [1.82, 2.24) is 4.40 Å². The smallest absolute Gasteiger partial charge is 0.0649 e. The third-order valence-electron chi connectivity index (χ3n) is 3.82. The third-order valence-corrected chi connectivity index (χ3v) is 4.76. The quantitative estimate of drug-likeness (QED) is 0.366. The van der Waals surface area contributed by atoms with Gasteiger partial charge in [0.15, 0.2) is 0 Å². The van der Waals surface area contributed by atoms with Crippen molar-refractivity contribution in [2.75, 3.05) is 0 Å². The fraction of sp³-hybridized carbons (Fsp3) is 0. The van der Waals surface area contributed by atoms with E-state index in [1.807, 2.05) is 11.3 Å². The van der Waals surface area contributed by atoms with E-state index >= 15 is 0 Å². The Morgan fingerprint density at radius 3 is 2.56 bits per heavy atom. The first-order valence-electron chi connectivity index (χ1n) is 6.05. The molecule has 5 aromatic rings. The highest BCUT2D eigenvalue weighted by atomic mass is 32.1. The van der Waals surface area contributed by atoms with Crippen LogP contribution in [0.4, 0.5) is 0 Å². The molecule has 18 heavy (non-hydrogen) atoms. The van der Waals surface area contributed by atoms with Gasteiger partial charge in [-0.05, 0) is 17.5 Å². The Morgan fingerprint density at radius 1 is 0.722 bits per heavy atom. The molecule has 84 valence electrons. The first kappa shape index (κ1) is 8.95. The summed E-state index contributed by atoms with van der Waals surface area (Å²) in [5, 5.41) is 6.28. The molecule has 0 aliphatic heterocycles. The van der Waals surface area contributed by atoms with Crippen LogP contribution in [0.3, 0.4) is 0 Å². The summed E-state index contributed by atoms with van der Waals surface area (Å²) in [7, 11) is 0. The molecule has 0 aliphatic rings. The number of fused-ring (bicyclic) bond motifs is 6. The SMILES string of the molecule is c1ccc2c(c1)c1cccc3c4sccc4n2c13. The number of aromatic nitrogens is 1. The van der Waals surface area contributed by atoms with Crippen molar-refractivity contribution in [1.29, 1.82) is 0 Å². The Bertz CT molecular complexity index is 1020. The maximum absolute atomic E-state index is 2.41. The first-order valence-corrected chi connectivity index (χ1v) is 6.93. The third kappa shape index (κ3) is 0.833. The van der Waals surface area contributed by atoms with E-state index in [1.54, 1.807) is 0 Å². The van der Waals surface area contributed by atoms with Gasteiger partial charge in [0.25, 0.3) is 0 Å². The first-order chi connectivity index (χ1) is 8.95. The van der Waals surface area contributed by atoms with Crippen LogP contribution in [0.1, 0.15) is 0 Å². The lowest BCUT2D eigenvalue weighted by Gasteiger charge is -1.92. The Morgan fingerprint density at radius 2 is 1.56 bits per heavy atom. The van der Waals surface area contributed by atoms with E-state index in [-0.39, 0.29) is 0 Å². The topological polar surface area (TPSA) is 4.41 Å². The minimum Gasteiger partial charge on any atom is -0.307 e. The highest BCUT2D eigenvalue weighted by molar-refractivity contribution is 7.18. The number of benzene rings is 2. The lowest BCUT2D eigenvalue weighted by Crippen LogP contribution is -1.76. The Balaban J connectivity index is 2.35. The molecule has 3 aromatic heterocycles. The van der Waals surface area contributed by atoms with Crippen molar-refractivity contribution in [2.24, 2.45) is 0 Å². The van der Waals surface area contributed by atoms with Crippen LogP contribution >= 0.6 is 11.3 Å². The second kappa shape index (κ2) is 2.85. The van der Waals surface area contributed by atoms with Gasteiger partial charge in [-0.1, -0.05) is 36.4 Å². The monoisotopic (exact) mass is 247 g/mol. The van der Waals surface area contributed by atoms with Crippen LogP contribution in [0.25, 0.3) is 37.4 Å². The zero-order chi connectivity index (χ0) is 11.7. The van der Waals surface area contributed by atoms with Crippen molar-refractivity contribution < 1.29 is 0 Å². The highest BCUT2D eigenvalue weighted by Gasteiger charge is 2.16. The van der Waals surface area contributed by atoms with E-state index in [4.69, 9.17) is 0 Å². The van der Waals surface area contributed by atoms with Crippen LogP contribution < -0.4 is 0 Å². The van der Waals surface area contributed by atoms with E-state index in [0.717, 1.165) is 0 Å². The molecule has 0 radical (unpaired) electrons. The molecule has 0 spiro atoms. The van der Waals surface area contributed by atoms with E-state index in [2.05, 4.69) is 58.3 Å². The molecule has 0 atom stereocenters. The molecule has 5 rings (SSSR count). The summed E-state index contributed by atoms with van der Waals surface area (Å²) < 4.78 is 3.81. The number of para-hydroxylation sites is 2. The standard InChI is InChI=1S/C16H9NS/c1-2-7-13-10(4-1)11-5-3-6-12-15(11)17(13)14-8-9-18-16(12)14/h1-9H. The number of hydrogen-bond donors (Lipinski definition) is 0. The highest BCUT2D eigenvalue weighted by Crippen LogP contribution is 2.40. The second-order valence-corrected chi connectivity index (χ2v) is 5.61. The van der Waals surface area contributed by atoms with Gasteiger partial charge in [0.2, 0.25) is 0 Å². The van der Waals surface area contributed by atoms with Crippen LogP contribution in [-0.2, 0) is 0 Å². The molecule has 0 unspecified atom stereocenters. The molecule has 0 aliphatic carbocycles. The van der Waals surface area contributed by atoms with Crippen LogP contribution in [0, 0.1) is 0 Å². The van der Waals surface area contributed by atoms with Gasteiger partial charge < -0.3 is 4.40 Å². The van der Waals surface area contributed by atoms with Gasteiger partial charge in [0.1, 0.15) is 0 Å². The van der Waals surface area contributed by atoms with Gasteiger partial charge in [0, 0.05) is 16.2 Å². The molecule has 2 heteroatoms.